The van der Waals surface area contributed by atoms with Crippen LogP contribution in [0.2, 0.25) is 0 Å². The van der Waals surface area contributed by atoms with E-state index in [2.05, 4.69) is 15.8 Å². The zero-order valence-electron chi connectivity index (χ0n) is 15.8. The number of aromatic nitrogens is 1. The Morgan fingerprint density at radius 3 is 2.70 bits per heavy atom. The molecule has 0 aliphatic carbocycles. The topological polar surface area (TPSA) is 93.2 Å². The van der Waals surface area contributed by atoms with Crippen LogP contribution >= 0.6 is 11.3 Å². The Labute approximate surface area is 175 Å². The number of methoxy groups -OCH3 is 1. The summed E-state index contributed by atoms with van der Waals surface area (Å²) in [6, 6.07) is 17.8. The van der Waals surface area contributed by atoms with Crippen molar-refractivity contribution in [3.05, 3.63) is 86.5 Å². The van der Waals surface area contributed by atoms with Crippen molar-refractivity contribution in [3.8, 4) is 17.3 Å². The van der Waals surface area contributed by atoms with Gasteiger partial charge in [0.05, 0.1) is 29.5 Å². The van der Waals surface area contributed by atoms with E-state index in [-0.39, 0.29) is 0 Å². The number of hydrogen-bond donors (Lipinski definition) is 0. The lowest BCUT2D eigenvalue weighted by Crippen LogP contribution is -2.02. The second-order valence-corrected chi connectivity index (χ2v) is 7.16. The summed E-state index contributed by atoms with van der Waals surface area (Å²) in [5.41, 5.74) is 2.34. The Kier molecular flexibility index (Phi) is 5.24. The quantitative estimate of drug-likeness (QED) is 0.271. The van der Waals surface area contributed by atoms with Crippen LogP contribution in [-0.2, 0) is 4.74 Å². The summed E-state index contributed by atoms with van der Waals surface area (Å²) in [5.74, 6) is -0.426. The number of esters is 1. The van der Waals surface area contributed by atoms with E-state index < -0.39 is 11.6 Å². The van der Waals surface area contributed by atoms with Gasteiger partial charge in [-0.05, 0) is 35.9 Å². The van der Waals surface area contributed by atoms with Gasteiger partial charge in [-0.15, -0.1) is 11.3 Å². The number of carbonyl (C=O) groups is 1. The molecular formula is C23H14N2O4S. The molecule has 0 fully saturated rings. The molecule has 30 heavy (non-hydrogen) atoms. The number of nitriles is 1. The minimum atomic E-state index is -0.480. The second-order valence-electron chi connectivity index (χ2n) is 6.31. The number of fused-ring (bicyclic) bond motifs is 1. The first-order valence-electron chi connectivity index (χ1n) is 8.88. The Hall–Kier alpha value is -4.02. The van der Waals surface area contributed by atoms with E-state index in [1.54, 1.807) is 53.9 Å². The molecule has 0 N–H and O–H groups in total. The van der Waals surface area contributed by atoms with Crippen LogP contribution in [0, 0.1) is 11.3 Å². The summed E-state index contributed by atoms with van der Waals surface area (Å²) >= 11 is 1.27. The van der Waals surface area contributed by atoms with Crippen molar-refractivity contribution in [2.24, 2.45) is 0 Å². The van der Waals surface area contributed by atoms with E-state index in [1.807, 2.05) is 12.1 Å². The van der Waals surface area contributed by atoms with Crippen LogP contribution in [-0.4, -0.2) is 18.1 Å². The van der Waals surface area contributed by atoms with Gasteiger partial charge in [-0.2, -0.15) is 5.26 Å². The molecule has 0 amide bonds. The molecule has 7 heteroatoms. The van der Waals surface area contributed by atoms with E-state index in [0.717, 1.165) is 10.9 Å². The molecule has 0 saturated carbocycles. The number of rotatable bonds is 4. The molecule has 0 atom stereocenters. The number of para-hydroxylation sites is 1. The van der Waals surface area contributed by atoms with Crippen LogP contribution in [0.25, 0.3) is 33.9 Å². The van der Waals surface area contributed by atoms with Crippen molar-refractivity contribution >= 4 is 39.9 Å². The zero-order chi connectivity index (χ0) is 21.1. The third-order valence-corrected chi connectivity index (χ3v) is 5.29. The predicted octanol–water partition coefficient (Wildman–Crippen LogP) is 4.77. The molecule has 146 valence electrons. The fourth-order valence-electron chi connectivity index (χ4n) is 2.90. The van der Waals surface area contributed by atoms with Crippen LogP contribution in [0.3, 0.4) is 0 Å². The molecule has 2 aromatic carbocycles. The molecule has 0 aliphatic rings. The minimum absolute atomic E-state index is 0.343. The molecule has 2 aromatic heterocycles. The fourth-order valence-corrected chi connectivity index (χ4v) is 3.69. The van der Waals surface area contributed by atoms with Gasteiger partial charge in [-0.25, -0.2) is 14.6 Å². The molecule has 0 aliphatic heterocycles. The van der Waals surface area contributed by atoms with Gasteiger partial charge < -0.3 is 9.15 Å². The van der Waals surface area contributed by atoms with Crippen LogP contribution in [0.1, 0.15) is 20.9 Å². The van der Waals surface area contributed by atoms with Gasteiger partial charge in [-0.1, -0.05) is 30.3 Å². The number of nitrogens with zero attached hydrogens (tertiary/aromatic N) is 2. The lowest BCUT2D eigenvalue weighted by atomic mass is 10.1. The summed E-state index contributed by atoms with van der Waals surface area (Å²) in [5, 5.41) is 12.6. The molecule has 0 unspecified atom stereocenters. The highest BCUT2D eigenvalue weighted by molar-refractivity contribution is 7.11. The summed E-state index contributed by atoms with van der Waals surface area (Å²) < 4.78 is 10.1. The summed E-state index contributed by atoms with van der Waals surface area (Å²) in [6.07, 6.45) is 1.67. The van der Waals surface area contributed by atoms with Gasteiger partial charge in [-0.3, -0.25) is 0 Å². The molecule has 0 bridgehead atoms. The highest BCUT2D eigenvalue weighted by atomic mass is 32.1. The van der Waals surface area contributed by atoms with Crippen LogP contribution < -0.4 is 5.63 Å². The molecule has 2 heterocycles. The standard InChI is InChI=1S/C23H14N2O4S/c1-28-22(26)15-8-6-14(7-9-15)10-17(12-24)21-25-19(13-30-21)18-11-16-4-2-3-5-20(16)29-23(18)27/h2-11,13H,1H3/b17-10+. The SMILES string of the molecule is COC(=O)c1ccc(/C=C(\C#N)c2nc(-c3cc4ccccc4oc3=O)cs2)cc1. The molecule has 4 rings (SSSR count). The molecule has 0 radical (unpaired) electrons. The normalized spacial score (nSPS) is 11.3. The van der Waals surface area contributed by atoms with Crippen molar-refractivity contribution in [1.29, 1.82) is 5.26 Å². The maximum atomic E-state index is 12.4. The van der Waals surface area contributed by atoms with Gasteiger partial charge in [0.25, 0.3) is 0 Å². The average Bonchev–Trinajstić information content (AvgIpc) is 3.26. The summed E-state index contributed by atoms with van der Waals surface area (Å²) in [6.45, 7) is 0. The zero-order valence-corrected chi connectivity index (χ0v) is 16.6. The second kappa shape index (κ2) is 8.15. The van der Waals surface area contributed by atoms with Crippen LogP contribution in [0.4, 0.5) is 0 Å². The Bertz CT molecular complexity index is 1370. The first-order chi connectivity index (χ1) is 14.6. The highest BCUT2D eigenvalue weighted by Gasteiger charge is 2.14. The van der Waals surface area contributed by atoms with Crippen molar-refractivity contribution in [2.45, 2.75) is 0 Å². The fraction of sp³-hybridized carbons (Fsp3) is 0.0435. The van der Waals surface area contributed by atoms with Crippen molar-refractivity contribution in [3.63, 3.8) is 0 Å². The van der Waals surface area contributed by atoms with Gasteiger partial charge in [0.1, 0.15) is 16.7 Å². The van der Waals surface area contributed by atoms with Gasteiger partial charge >= 0.3 is 11.6 Å². The minimum Gasteiger partial charge on any atom is -0.465 e. The van der Waals surface area contributed by atoms with E-state index in [1.165, 1.54) is 18.4 Å². The number of thiazole rings is 1. The van der Waals surface area contributed by atoms with E-state index >= 15 is 0 Å². The number of carbonyl (C=O) groups excluding carboxylic acids is 1. The van der Waals surface area contributed by atoms with E-state index in [9.17, 15) is 14.9 Å². The van der Waals surface area contributed by atoms with Crippen LogP contribution in [0.5, 0.6) is 0 Å². The molecular weight excluding hydrogens is 400 g/mol. The maximum Gasteiger partial charge on any atom is 0.345 e. The predicted molar refractivity (Wildman–Crippen MR) is 115 cm³/mol. The third kappa shape index (κ3) is 3.77. The molecule has 0 spiro atoms. The Balaban J connectivity index is 1.68. The lowest BCUT2D eigenvalue weighted by Gasteiger charge is -2.00. The number of benzene rings is 2. The van der Waals surface area contributed by atoms with Crippen molar-refractivity contribution in [2.75, 3.05) is 7.11 Å². The van der Waals surface area contributed by atoms with Crippen LogP contribution in [0.15, 0.2) is 69.2 Å². The first kappa shape index (κ1) is 19.3. The molecule has 6 nitrogen and oxygen atoms in total. The smallest absolute Gasteiger partial charge is 0.345 e. The van der Waals surface area contributed by atoms with Crippen molar-refractivity contribution in [1.82, 2.24) is 4.98 Å². The van der Waals surface area contributed by atoms with E-state index in [0.29, 0.717) is 33.0 Å². The Morgan fingerprint density at radius 2 is 1.97 bits per heavy atom. The van der Waals surface area contributed by atoms with Gasteiger partial charge in [0.2, 0.25) is 0 Å². The average molecular weight is 414 g/mol. The number of allylic oxidation sites excluding steroid dienone is 1. The first-order valence-corrected chi connectivity index (χ1v) is 9.76. The monoisotopic (exact) mass is 414 g/mol. The molecule has 4 aromatic rings. The number of hydrogen-bond acceptors (Lipinski definition) is 7. The van der Waals surface area contributed by atoms with E-state index in [4.69, 9.17) is 4.42 Å². The lowest BCUT2D eigenvalue weighted by molar-refractivity contribution is 0.0600. The summed E-state index contributed by atoms with van der Waals surface area (Å²) in [7, 11) is 1.32. The Morgan fingerprint density at radius 1 is 1.20 bits per heavy atom. The number of ether oxygens (including phenoxy) is 1. The van der Waals surface area contributed by atoms with Gasteiger partial charge in [0.15, 0.2) is 0 Å². The largest absolute Gasteiger partial charge is 0.465 e. The van der Waals surface area contributed by atoms with Gasteiger partial charge in [0, 0.05) is 10.8 Å². The van der Waals surface area contributed by atoms with Crippen molar-refractivity contribution < 1.29 is 13.9 Å². The summed E-state index contributed by atoms with van der Waals surface area (Å²) in [4.78, 5) is 28.4. The highest BCUT2D eigenvalue weighted by Crippen LogP contribution is 2.27. The maximum absolute atomic E-state index is 12.4. The third-order valence-electron chi connectivity index (χ3n) is 4.42. The molecule has 0 saturated heterocycles.